The van der Waals surface area contributed by atoms with E-state index in [9.17, 15) is 28.6 Å². The summed E-state index contributed by atoms with van der Waals surface area (Å²) in [5, 5.41) is 11.3. The lowest BCUT2D eigenvalue weighted by Crippen LogP contribution is -2.49. The molecule has 0 aromatic heterocycles. The molecule has 354 valence electrons. The highest BCUT2D eigenvalue weighted by Crippen LogP contribution is 2.34. The van der Waals surface area contributed by atoms with E-state index in [1.54, 1.807) is 0 Å². The lowest BCUT2D eigenvalue weighted by molar-refractivity contribution is -0.128. The number of amides is 4. The number of hydrogen-bond acceptors (Lipinski definition) is 11. The summed E-state index contributed by atoms with van der Waals surface area (Å²) in [6.45, 7) is 10.5. The summed E-state index contributed by atoms with van der Waals surface area (Å²) in [5.74, 6) is -0.132. The Morgan fingerprint density at radius 3 is 1.62 bits per heavy atom. The van der Waals surface area contributed by atoms with Crippen LogP contribution in [-0.2, 0) is 37.8 Å². The lowest BCUT2D eigenvalue weighted by Gasteiger charge is -2.21. The van der Waals surface area contributed by atoms with Crippen LogP contribution in [0.25, 0.3) is 0 Å². The molecular weight excluding hydrogens is 812 g/mol. The topological polar surface area (TPSA) is 200 Å². The Labute approximate surface area is 367 Å². The van der Waals surface area contributed by atoms with Crippen molar-refractivity contribution in [3.8, 4) is 0 Å². The molecule has 0 aliphatic heterocycles. The van der Waals surface area contributed by atoms with Crippen LogP contribution >= 0.6 is 19.1 Å². The fraction of sp³-hybridized carbons (Fsp3) is 0.907. The summed E-state index contributed by atoms with van der Waals surface area (Å²) in [7, 11) is -3.08. The van der Waals surface area contributed by atoms with E-state index in [0.717, 1.165) is 57.8 Å². The summed E-state index contributed by atoms with van der Waals surface area (Å²) in [4.78, 5) is 60.6. The molecular formula is C43H85N4O11PS. The third-order valence-electron chi connectivity index (χ3n) is 9.46. The van der Waals surface area contributed by atoms with Crippen molar-refractivity contribution in [2.45, 2.75) is 161 Å². The quantitative estimate of drug-likeness (QED) is 0.0293. The van der Waals surface area contributed by atoms with E-state index < -0.39 is 31.7 Å². The third kappa shape index (κ3) is 41.3. The molecule has 0 spiro atoms. The first-order valence-electron chi connectivity index (χ1n) is 23.0. The van der Waals surface area contributed by atoms with E-state index in [1.807, 2.05) is 0 Å². The number of hydrogen-bond donors (Lipinski definition) is 5. The van der Waals surface area contributed by atoms with Gasteiger partial charge in [-0.3, -0.25) is 14.2 Å². The zero-order valence-electron chi connectivity index (χ0n) is 37.9. The molecule has 4 amide bonds. The van der Waals surface area contributed by atoms with E-state index in [4.69, 9.17) is 23.7 Å². The molecule has 0 rings (SSSR count). The van der Waals surface area contributed by atoms with Crippen LogP contribution < -0.4 is 21.3 Å². The van der Waals surface area contributed by atoms with Crippen LogP contribution in [0.3, 0.4) is 0 Å². The van der Waals surface area contributed by atoms with Crippen LogP contribution in [0.2, 0.25) is 0 Å². The SMILES string of the molecule is CCCCCCCCCCNC(=O)OC[C@H](CSC[C@H](NC(=O)CCCCC)C(=O)NCCOCCOCCOCCP(C)(=O)O)OC(=O)NCCCCCCCCCC. The average Bonchev–Trinajstić information content (AvgIpc) is 3.21. The predicted molar refractivity (Wildman–Crippen MR) is 242 cm³/mol. The number of carbonyl (C=O) groups is 4. The number of rotatable bonds is 43. The second-order valence-electron chi connectivity index (χ2n) is 15.4. The van der Waals surface area contributed by atoms with Gasteiger partial charge in [-0.2, -0.15) is 11.8 Å². The molecule has 15 nitrogen and oxygen atoms in total. The Balaban J connectivity index is 5.00. The second kappa shape index (κ2) is 42.2. The minimum Gasteiger partial charge on any atom is -0.446 e. The van der Waals surface area contributed by atoms with Crippen molar-refractivity contribution < 1.29 is 52.3 Å². The van der Waals surface area contributed by atoms with Gasteiger partial charge < -0.3 is 49.8 Å². The Morgan fingerprint density at radius 2 is 1.07 bits per heavy atom. The van der Waals surface area contributed by atoms with Crippen molar-refractivity contribution in [3.63, 3.8) is 0 Å². The molecule has 0 saturated heterocycles. The Bertz CT molecular complexity index is 1110. The van der Waals surface area contributed by atoms with Crippen molar-refractivity contribution in [3.05, 3.63) is 0 Å². The number of ether oxygens (including phenoxy) is 5. The number of carbonyl (C=O) groups excluding carboxylic acids is 4. The van der Waals surface area contributed by atoms with Crippen LogP contribution in [0.15, 0.2) is 0 Å². The Morgan fingerprint density at radius 1 is 0.583 bits per heavy atom. The zero-order chi connectivity index (χ0) is 44.4. The van der Waals surface area contributed by atoms with Gasteiger partial charge in [0, 0.05) is 50.4 Å². The first kappa shape index (κ1) is 57.9. The van der Waals surface area contributed by atoms with E-state index in [1.165, 1.54) is 82.6 Å². The molecule has 60 heavy (non-hydrogen) atoms. The van der Waals surface area contributed by atoms with Crippen LogP contribution in [0, 0.1) is 0 Å². The van der Waals surface area contributed by atoms with E-state index >= 15 is 0 Å². The van der Waals surface area contributed by atoms with Gasteiger partial charge in [0.25, 0.3) is 0 Å². The first-order chi connectivity index (χ1) is 29.0. The monoisotopic (exact) mass is 897 g/mol. The van der Waals surface area contributed by atoms with Crippen molar-refractivity contribution in [1.29, 1.82) is 0 Å². The minimum absolute atomic E-state index is 0.103. The largest absolute Gasteiger partial charge is 0.446 e. The Hall–Kier alpha value is -2.10. The van der Waals surface area contributed by atoms with Crippen molar-refractivity contribution in [2.24, 2.45) is 0 Å². The van der Waals surface area contributed by atoms with Crippen LogP contribution in [-0.4, -0.2) is 131 Å². The molecule has 1 unspecified atom stereocenters. The van der Waals surface area contributed by atoms with Gasteiger partial charge in [0.1, 0.15) is 18.8 Å². The van der Waals surface area contributed by atoms with Gasteiger partial charge in [0.15, 0.2) is 7.37 Å². The molecule has 3 atom stereocenters. The van der Waals surface area contributed by atoms with Gasteiger partial charge in [-0.1, -0.05) is 124 Å². The highest BCUT2D eigenvalue weighted by molar-refractivity contribution is 7.99. The number of nitrogens with one attached hydrogen (secondary N) is 4. The van der Waals surface area contributed by atoms with Crippen LogP contribution in [0.1, 0.15) is 149 Å². The summed E-state index contributed by atoms with van der Waals surface area (Å²) in [5.41, 5.74) is 0. The highest BCUT2D eigenvalue weighted by Gasteiger charge is 2.23. The molecule has 0 bridgehead atoms. The second-order valence-corrected chi connectivity index (χ2v) is 19.1. The molecule has 0 aromatic rings. The number of thioether (sulfide) groups is 1. The minimum atomic E-state index is -3.08. The molecule has 17 heteroatoms. The number of unbranched alkanes of at least 4 members (excludes halogenated alkanes) is 16. The molecule has 0 aromatic carbocycles. The average molecular weight is 897 g/mol. The summed E-state index contributed by atoms with van der Waals surface area (Å²) in [6.07, 6.45) is 19.5. The molecule has 0 radical (unpaired) electrons. The molecule has 0 fully saturated rings. The fourth-order valence-corrected chi connectivity index (χ4v) is 7.38. The molecule has 0 aliphatic carbocycles. The van der Waals surface area contributed by atoms with Gasteiger partial charge >= 0.3 is 12.2 Å². The highest BCUT2D eigenvalue weighted by atomic mass is 32.2. The molecule has 5 N–H and O–H groups in total. The van der Waals surface area contributed by atoms with Crippen molar-refractivity contribution in [1.82, 2.24) is 21.3 Å². The van der Waals surface area contributed by atoms with Crippen molar-refractivity contribution in [2.75, 3.05) is 90.2 Å². The van der Waals surface area contributed by atoms with Crippen LogP contribution in [0.4, 0.5) is 9.59 Å². The predicted octanol–water partition coefficient (Wildman–Crippen LogP) is 7.95. The van der Waals surface area contributed by atoms with E-state index in [0.29, 0.717) is 45.9 Å². The van der Waals surface area contributed by atoms with Gasteiger partial charge in [-0.15, -0.1) is 0 Å². The van der Waals surface area contributed by atoms with Crippen LogP contribution in [0.5, 0.6) is 0 Å². The normalized spacial score (nSPS) is 13.2. The smallest absolute Gasteiger partial charge is 0.407 e. The van der Waals surface area contributed by atoms with Gasteiger partial charge in [-0.25, -0.2) is 9.59 Å². The Kier molecular flexibility index (Phi) is 40.7. The third-order valence-corrected chi connectivity index (χ3v) is 11.6. The molecule has 0 aliphatic rings. The standard InChI is InChI=1S/C43H85N4O11PS/c1-5-8-11-13-15-17-19-22-25-45-42(50)57-35-38(58-43(51)46-26-23-20-18-16-14-12-9-6-2)36-60-37-39(47-40(48)24-21-10-7-3)41(49)44-27-28-54-29-30-55-31-32-56-33-34-59(4,52)53/h38-39H,5-37H2,1-4H3,(H,44,49)(H,45,50)(H,46,51)(H,47,48)(H,52,53)/t38-,39+/m1/s1. The maximum atomic E-state index is 13.2. The van der Waals surface area contributed by atoms with E-state index in [-0.39, 0.29) is 55.8 Å². The summed E-state index contributed by atoms with van der Waals surface area (Å²) >= 11 is 1.32. The molecule has 0 heterocycles. The number of alkyl carbamates (subject to hydrolysis) is 2. The van der Waals surface area contributed by atoms with Gasteiger partial charge in [0.05, 0.1) is 39.6 Å². The maximum absolute atomic E-state index is 13.2. The van der Waals surface area contributed by atoms with Crippen molar-refractivity contribution >= 4 is 43.1 Å². The zero-order valence-corrected chi connectivity index (χ0v) is 39.6. The molecule has 0 saturated carbocycles. The fourth-order valence-electron chi connectivity index (χ4n) is 5.88. The summed E-state index contributed by atoms with van der Waals surface area (Å²) < 4.78 is 38.7. The van der Waals surface area contributed by atoms with E-state index in [2.05, 4.69) is 42.0 Å². The van der Waals surface area contributed by atoms with Gasteiger partial charge in [-0.05, 0) is 19.3 Å². The van der Waals surface area contributed by atoms with Gasteiger partial charge in [0.2, 0.25) is 11.8 Å². The first-order valence-corrected chi connectivity index (χ1v) is 26.5. The summed E-state index contributed by atoms with van der Waals surface area (Å²) in [6, 6.07) is -0.841. The maximum Gasteiger partial charge on any atom is 0.407 e. The lowest BCUT2D eigenvalue weighted by atomic mass is 10.1.